The number of pyridine rings is 1. The second kappa shape index (κ2) is 7.94. The Labute approximate surface area is 144 Å². The van der Waals surface area contributed by atoms with Gasteiger partial charge < -0.3 is 15.1 Å². The van der Waals surface area contributed by atoms with E-state index in [1.54, 1.807) is 0 Å². The van der Waals surface area contributed by atoms with E-state index in [1.165, 1.54) is 0 Å². The lowest BCUT2D eigenvalue weighted by Crippen LogP contribution is -2.57. The molecule has 2 saturated heterocycles. The molecule has 0 saturated carbocycles. The van der Waals surface area contributed by atoms with E-state index in [0.29, 0.717) is 18.4 Å². The highest BCUT2D eigenvalue weighted by Gasteiger charge is 2.28. The minimum Gasteiger partial charge on any atom is -0.354 e. The first-order valence-electron chi connectivity index (χ1n) is 9.06. The Morgan fingerprint density at radius 1 is 1.21 bits per heavy atom. The highest BCUT2D eigenvalue weighted by molar-refractivity contribution is 5.77. The van der Waals surface area contributed by atoms with E-state index in [4.69, 9.17) is 0 Å². The molecular weight excluding hydrogens is 302 g/mol. The van der Waals surface area contributed by atoms with Gasteiger partial charge in [-0.15, -0.1) is 0 Å². The van der Waals surface area contributed by atoms with E-state index in [-0.39, 0.29) is 6.04 Å². The van der Waals surface area contributed by atoms with Crippen LogP contribution in [0, 0.1) is 0 Å². The summed E-state index contributed by atoms with van der Waals surface area (Å²) < 4.78 is 0. The second-order valence-electron chi connectivity index (χ2n) is 6.84. The Morgan fingerprint density at radius 3 is 2.71 bits per heavy atom. The first-order chi connectivity index (χ1) is 11.6. The summed E-state index contributed by atoms with van der Waals surface area (Å²) in [4.78, 5) is 23.7. The fourth-order valence-electron chi connectivity index (χ4n) is 3.55. The number of nitrogens with one attached hydrogen (secondary N) is 1. The lowest BCUT2D eigenvalue weighted by atomic mass is 10.1. The number of hydrogen-bond donors (Lipinski definition) is 1. The van der Waals surface area contributed by atoms with Crippen molar-refractivity contribution >= 4 is 11.7 Å². The van der Waals surface area contributed by atoms with Crippen LogP contribution in [0.25, 0.3) is 0 Å². The van der Waals surface area contributed by atoms with Crippen LogP contribution in [0.3, 0.4) is 0 Å². The zero-order valence-corrected chi connectivity index (χ0v) is 14.8. The lowest BCUT2D eigenvalue weighted by molar-refractivity contribution is -0.135. The Hall–Kier alpha value is -1.66. The summed E-state index contributed by atoms with van der Waals surface area (Å²) in [5, 5.41) is 3.43. The van der Waals surface area contributed by atoms with Crippen LogP contribution in [-0.2, 0) is 4.79 Å². The number of rotatable bonds is 4. The maximum atomic E-state index is 12.5. The number of aromatic nitrogens is 1. The van der Waals surface area contributed by atoms with Crippen molar-refractivity contribution in [2.45, 2.75) is 32.4 Å². The summed E-state index contributed by atoms with van der Waals surface area (Å²) in [5.74, 6) is 1.35. The maximum absolute atomic E-state index is 12.5. The molecule has 2 fully saturated rings. The molecule has 0 radical (unpaired) electrons. The normalized spacial score (nSPS) is 25.8. The summed E-state index contributed by atoms with van der Waals surface area (Å²) >= 11 is 0. The topological polar surface area (TPSA) is 51.7 Å². The van der Waals surface area contributed by atoms with Crippen LogP contribution in [0.4, 0.5) is 5.82 Å². The molecule has 1 N–H and O–H groups in total. The molecule has 2 unspecified atom stereocenters. The predicted octanol–water partition coefficient (Wildman–Crippen LogP) is 0.803. The summed E-state index contributed by atoms with van der Waals surface area (Å²) in [6.07, 6.45) is 2.47. The quantitative estimate of drug-likeness (QED) is 0.885. The number of amides is 1. The van der Waals surface area contributed by atoms with Gasteiger partial charge in [0.05, 0.1) is 0 Å². The molecule has 1 amide bonds. The molecule has 2 atom stereocenters. The van der Waals surface area contributed by atoms with Gasteiger partial charge in [-0.25, -0.2) is 4.98 Å². The zero-order chi connectivity index (χ0) is 16.9. The number of hydrogen-bond acceptors (Lipinski definition) is 5. The molecular formula is C18H29N5O. The smallest absolute Gasteiger partial charge is 0.224 e. The summed E-state index contributed by atoms with van der Waals surface area (Å²) in [6, 6.07) is 6.70. The van der Waals surface area contributed by atoms with Gasteiger partial charge in [0, 0.05) is 70.5 Å². The standard InChI is InChI=1S/C18H29N5O/c1-15-16(2)23(10-8-19-15)18(24)6-9-21-11-13-22(14-12-21)17-5-3-4-7-20-17/h3-5,7,15-16,19H,6,8-14H2,1-2H3. The van der Waals surface area contributed by atoms with Crippen molar-refractivity contribution < 1.29 is 4.79 Å². The predicted molar refractivity (Wildman–Crippen MR) is 96.1 cm³/mol. The molecule has 24 heavy (non-hydrogen) atoms. The monoisotopic (exact) mass is 331 g/mol. The first kappa shape index (κ1) is 17.2. The first-order valence-corrected chi connectivity index (χ1v) is 9.06. The van der Waals surface area contributed by atoms with Gasteiger partial charge in [-0.05, 0) is 26.0 Å². The average Bonchev–Trinajstić information content (AvgIpc) is 2.63. The molecule has 132 valence electrons. The Morgan fingerprint density at radius 2 is 2.00 bits per heavy atom. The maximum Gasteiger partial charge on any atom is 0.224 e. The number of nitrogens with zero attached hydrogens (tertiary/aromatic N) is 4. The third-order valence-electron chi connectivity index (χ3n) is 5.34. The van der Waals surface area contributed by atoms with E-state index >= 15 is 0 Å². The molecule has 3 heterocycles. The molecule has 1 aromatic heterocycles. The van der Waals surface area contributed by atoms with Gasteiger partial charge in [0.15, 0.2) is 0 Å². The van der Waals surface area contributed by atoms with Crippen LogP contribution < -0.4 is 10.2 Å². The third-order valence-corrected chi connectivity index (χ3v) is 5.34. The molecule has 0 bridgehead atoms. The second-order valence-corrected chi connectivity index (χ2v) is 6.84. The van der Waals surface area contributed by atoms with Crippen molar-refractivity contribution in [2.24, 2.45) is 0 Å². The van der Waals surface area contributed by atoms with E-state index in [0.717, 1.165) is 51.6 Å². The largest absolute Gasteiger partial charge is 0.354 e. The van der Waals surface area contributed by atoms with Crippen LogP contribution in [0.15, 0.2) is 24.4 Å². The van der Waals surface area contributed by atoms with Crippen molar-refractivity contribution in [1.82, 2.24) is 20.1 Å². The van der Waals surface area contributed by atoms with E-state index in [9.17, 15) is 4.79 Å². The molecule has 0 aromatic carbocycles. The van der Waals surface area contributed by atoms with Crippen LogP contribution in [0.2, 0.25) is 0 Å². The van der Waals surface area contributed by atoms with E-state index in [1.807, 2.05) is 23.2 Å². The van der Waals surface area contributed by atoms with Crippen molar-refractivity contribution in [3.05, 3.63) is 24.4 Å². The summed E-state index contributed by atoms with van der Waals surface area (Å²) in [6.45, 7) is 10.8. The van der Waals surface area contributed by atoms with Gasteiger partial charge in [0.1, 0.15) is 5.82 Å². The van der Waals surface area contributed by atoms with Crippen molar-refractivity contribution in [3.8, 4) is 0 Å². The molecule has 1 aromatic rings. The average molecular weight is 331 g/mol. The Balaban J connectivity index is 1.42. The van der Waals surface area contributed by atoms with Gasteiger partial charge in [-0.3, -0.25) is 9.69 Å². The Bertz CT molecular complexity index is 529. The fraction of sp³-hybridized carbons (Fsp3) is 0.667. The van der Waals surface area contributed by atoms with Crippen LogP contribution in [-0.4, -0.2) is 78.6 Å². The van der Waals surface area contributed by atoms with Crippen LogP contribution in [0.5, 0.6) is 0 Å². The molecule has 3 rings (SSSR count). The van der Waals surface area contributed by atoms with Crippen molar-refractivity contribution in [1.29, 1.82) is 0 Å². The highest BCUT2D eigenvalue weighted by atomic mass is 16.2. The fourth-order valence-corrected chi connectivity index (χ4v) is 3.55. The van der Waals surface area contributed by atoms with Gasteiger partial charge >= 0.3 is 0 Å². The van der Waals surface area contributed by atoms with Gasteiger partial charge in [0.2, 0.25) is 5.91 Å². The molecule has 0 spiro atoms. The molecule has 6 nitrogen and oxygen atoms in total. The minimum atomic E-state index is 0.284. The highest BCUT2D eigenvalue weighted by Crippen LogP contribution is 2.14. The number of carbonyl (C=O) groups is 1. The SMILES string of the molecule is CC1NCCN(C(=O)CCN2CCN(c3ccccn3)CC2)C1C. The Kier molecular flexibility index (Phi) is 5.68. The molecule has 6 heteroatoms. The molecule has 2 aliphatic heterocycles. The number of carbonyl (C=O) groups excluding carboxylic acids is 1. The minimum absolute atomic E-state index is 0.284. The summed E-state index contributed by atoms with van der Waals surface area (Å²) in [5.41, 5.74) is 0. The third kappa shape index (κ3) is 4.05. The lowest BCUT2D eigenvalue weighted by Gasteiger charge is -2.39. The zero-order valence-electron chi connectivity index (χ0n) is 14.8. The van der Waals surface area contributed by atoms with Crippen LogP contribution >= 0.6 is 0 Å². The van der Waals surface area contributed by atoms with E-state index < -0.39 is 0 Å². The van der Waals surface area contributed by atoms with Gasteiger partial charge in [-0.1, -0.05) is 6.07 Å². The molecule has 2 aliphatic rings. The van der Waals surface area contributed by atoms with Crippen molar-refractivity contribution in [3.63, 3.8) is 0 Å². The van der Waals surface area contributed by atoms with Gasteiger partial charge in [-0.2, -0.15) is 0 Å². The summed E-state index contributed by atoms with van der Waals surface area (Å²) in [7, 11) is 0. The molecule has 0 aliphatic carbocycles. The van der Waals surface area contributed by atoms with Gasteiger partial charge in [0.25, 0.3) is 0 Å². The van der Waals surface area contributed by atoms with E-state index in [2.05, 4.69) is 40.0 Å². The van der Waals surface area contributed by atoms with Crippen molar-refractivity contribution in [2.75, 3.05) is 50.7 Å². The number of anilines is 1. The number of piperazine rings is 2. The van der Waals surface area contributed by atoms with Crippen LogP contribution in [0.1, 0.15) is 20.3 Å².